The number of benzene rings is 1. The molecule has 0 fully saturated rings. The number of carbonyl (C=O) groups is 1. The molecule has 17 heavy (non-hydrogen) atoms. The van der Waals surface area contributed by atoms with Crippen LogP contribution in [0.4, 0.5) is 4.39 Å². The van der Waals surface area contributed by atoms with Gasteiger partial charge < -0.3 is 15.0 Å². The van der Waals surface area contributed by atoms with Gasteiger partial charge in [0.05, 0.1) is 11.1 Å². The molecule has 2 aromatic rings. The highest BCUT2D eigenvalue weighted by Crippen LogP contribution is 2.28. The van der Waals surface area contributed by atoms with Crippen molar-refractivity contribution in [2.24, 2.45) is 0 Å². The number of hydrogen-bond acceptors (Lipinski definition) is 2. The van der Waals surface area contributed by atoms with Crippen LogP contribution in [0.3, 0.4) is 0 Å². The zero-order valence-electron chi connectivity index (χ0n) is 9.03. The van der Waals surface area contributed by atoms with Crippen molar-refractivity contribution >= 4 is 16.9 Å². The van der Waals surface area contributed by atoms with E-state index in [9.17, 15) is 14.3 Å². The molecular formula is C12H11FN2O2. The van der Waals surface area contributed by atoms with Gasteiger partial charge in [-0.15, -0.1) is 0 Å². The predicted molar refractivity (Wildman–Crippen MR) is 60.6 cm³/mol. The molecule has 1 aromatic carbocycles. The molecule has 0 aliphatic carbocycles. The second kappa shape index (κ2) is 3.56. The van der Waals surface area contributed by atoms with Crippen LogP contribution in [0.1, 0.15) is 16.1 Å². The minimum Gasteiger partial charge on any atom is -0.478 e. The molecule has 0 saturated carbocycles. The summed E-state index contributed by atoms with van der Waals surface area (Å²) < 4.78 is 15.1. The van der Waals surface area contributed by atoms with Crippen LogP contribution >= 0.6 is 0 Å². The van der Waals surface area contributed by atoms with Crippen molar-refractivity contribution < 1.29 is 14.3 Å². The Morgan fingerprint density at radius 2 is 2.29 bits per heavy atom. The maximum Gasteiger partial charge on any atom is 0.338 e. The fourth-order valence-corrected chi connectivity index (χ4v) is 2.45. The number of aromatic carboxylic acids is 1. The van der Waals surface area contributed by atoms with Crippen molar-refractivity contribution in [3.63, 3.8) is 0 Å². The molecule has 4 nitrogen and oxygen atoms in total. The minimum absolute atomic E-state index is 0.284. The number of nitrogens with one attached hydrogen (secondary N) is 1. The average molecular weight is 234 g/mol. The van der Waals surface area contributed by atoms with Crippen LogP contribution in [0.2, 0.25) is 0 Å². The molecule has 0 spiro atoms. The van der Waals surface area contributed by atoms with E-state index in [2.05, 4.69) is 5.32 Å². The van der Waals surface area contributed by atoms with E-state index in [-0.39, 0.29) is 11.4 Å². The predicted octanol–water partition coefficient (Wildman–Crippen LogP) is 1.58. The SMILES string of the molecule is O=C(O)c1c2n(c3cc(F)ccc13)CCNC2. The third-order valence-electron chi connectivity index (χ3n) is 3.15. The molecule has 1 aromatic heterocycles. The first kappa shape index (κ1) is 10.3. The number of rotatable bonds is 1. The first-order valence-corrected chi connectivity index (χ1v) is 5.43. The lowest BCUT2D eigenvalue weighted by Gasteiger charge is -2.17. The third-order valence-corrected chi connectivity index (χ3v) is 3.15. The molecule has 5 heteroatoms. The van der Waals surface area contributed by atoms with Crippen molar-refractivity contribution in [1.82, 2.24) is 9.88 Å². The Balaban J connectivity index is 2.41. The fourth-order valence-electron chi connectivity index (χ4n) is 2.45. The van der Waals surface area contributed by atoms with Crippen molar-refractivity contribution in [3.05, 3.63) is 35.3 Å². The molecule has 88 valence electrons. The summed E-state index contributed by atoms with van der Waals surface area (Å²) in [6, 6.07) is 4.24. The van der Waals surface area contributed by atoms with Gasteiger partial charge >= 0.3 is 5.97 Å². The molecule has 0 saturated heterocycles. The van der Waals surface area contributed by atoms with Gasteiger partial charge in [-0.3, -0.25) is 0 Å². The van der Waals surface area contributed by atoms with Gasteiger partial charge in [0.2, 0.25) is 0 Å². The Hall–Kier alpha value is -1.88. The topological polar surface area (TPSA) is 54.3 Å². The normalized spacial score (nSPS) is 14.9. The van der Waals surface area contributed by atoms with Gasteiger partial charge in [-0.1, -0.05) is 0 Å². The van der Waals surface area contributed by atoms with E-state index in [1.165, 1.54) is 12.1 Å². The third kappa shape index (κ3) is 1.43. The molecular weight excluding hydrogens is 223 g/mol. The van der Waals surface area contributed by atoms with Crippen molar-refractivity contribution in [1.29, 1.82) is 0 Å². The summed E-state index contributed by atoms with van der Waals surface area (Å²) in [5, 5.41) is 13.0. The van der Waals surface area contributed by atoms with Gasteiger partial charge in [-0.2, -0.15) is 0 Å². The summed E-state index contributed by atoms with van der Waals surface area (Å²) in [5.41, 5.74) is 1.68. The lowest BCUT2D eigenvalue weighted by Crippen LogP contribution is -2.28. The number of halogens is 1. The molecule has 0 bridgehead atoms. The van der Waals surface area contributed by atoms with Crippen molar-refractivity contribution in [2.45, 2.75) is 13.1 Å². The highest BCUT2D eigenvalue weighted by molar-refractivity contribution is 6.05. The van der Waals surface area contributed by atoms with Gasteiger partial charge in [-0.25, -0.2) is 9.18 Å². The van der Waals surface area contributed by atoms with E-state index in [0.29, 0.717) is 24.0 Å². The van der Waals surface area contributed by atoms with Gasteiger partial charge in [0.25, 0.3) is 0 Å². The Morgan fingerprint density at radius 3 is 3.06 bits per heavy atom. The summed E-state index contributed by atoms with van der Waals surface area (Å²) in [5.74, 6) is -1.30. The number of hydrogen-bond donors (Lipinski definition) is 2. The molecule has 2 heterocycles. The average Bonchev–Trinajstić information content (AvgIpc) is 2.63. The van der Waals surface area contributed by atoms with E-state index >= 15 is 0 Å². The molecule has 0 amide bonds. The van der Waals surface area contributed by atoms with E-state index in [4.69, 9.17) is 0 Å². The van der Waals surface area contributed by atoms with E-state index in [1.54, 1.807) is 6.07 Å². The van der Waals surface area contributed by atoms with Gasteiger partial charge in [0.15, 0.2) is 0 Å². The van der Waals surface area contributed by atoms with E-state index in [0.717, 1.165) is 12.2 Å². The first-order valence-electron chi connectivity index (χ1n) is 5.43. The Morgan fingerprint density at radius 1 is 1.47 bits per heavy atom. The number of aromatic nitrogens is 1. The number of carboxylic acids is 1. The highest BCUT2D eigenvalue weighted by Gasteiger charge is 2.23. The lowest BCUT2D eigenvalue weighted by atomic mass is 10.1. The standard InChI is InChI=1S/C12H11FN2O2/c13-7-1-2-8-9(5-7)15-4-3-14-6-10(15)11(8)12(16)17/h1-2,5,14H,3-4,6H2,(H,16,17). The molecule has 0 atom stereocenters. The Kier molecular flexibility index (Phi) is 2.16. The summed E-state index contributed by atoms with van der Waals surface area (Å²) in [6.07, 6.45) is 0. The van der Waals surface area contributed by atoms with Crippen molar-refractivity contribution in [2.75, 3.05) is 6.54 Å². The molecule has 0 unspecified atom stereocenters. The largest absolute Gasteiger partial charge is 0.478 e. The van der Waals surface area contributed by atoms with Gasteiger partial charge in [0, 0.05) is 30.7 Å². The second-order valence-electron chi connectivity index (χ2n) is 4.12. The second-order valence-corrected chi connectivity index (χ2v) is 4.12. The summed E-state index contributed by atoms with van der Waals surface area (Å²) in [4.78, 5) is 11.3. The van der Waals surface area contributed by atoms with Crippen molar-refractivity contribution in [3.8, 4) is 0 Å². The smallest absolute Gasteiger partial charge is 0.338 e. The molecule has 1 aliphatic heterocycles. The highest BCUT2D eigenvalue weighted by atomic mass is 19.1. The van der Waals surface area contributed by atoms with Crippen LogP contribution in [0, 0.1) is 5.82 Å². The van der Waals surface area contributed by atoms with Crippen LogP contribution in [-0.2, 0) is 13.1 Å². The lowest BCUT2D eigenvalue weighted by molar-refractivity contribution is 0.0697. The summed E-state index contributed by atoms with van der Waals surface area (Å²) in [6.45, 7) is 1.95. The molecule has 2 N–H and O–H groups in total. The number of nitrogens with zero attached hydrogens (tertiary/aromatic N) is 1. The zero-order chi connectivity index (χ0) is 12.0. The maximum atomic E-state index is 13.2. The quantitative estimate of drug-likeness (QED) is 0.787. The number of fused-ring (bicyclic) bond motifs is 3. The van der Waals surface area contributed by atoms with Crippen LogP contribution in [0.15, 0.2) is 18.2 Å². The fraction of sp³-hybridized carbons (Fsp3) is 0.250. The Labute approximate surface area is 96.7 Å². The van der Waals surface area contributed by atoms with Gasteiger partial charge in [0.1, 0.15) is 5.82 Å². The summed E-state index contributed by atoms with van der Waals surface area (Å²) >= 11 is 0. The number of carboxylic acid groups (broad SMARTS) is 1. The summed E-state index contributed by atoms with van der Waals surface area (Å²) in [7, 11) is 0. The van der Waals surface area contributed by atoms with Crippen LogP contribution in [-0.4, -0.2) is 22.2 Å². The molecule has 0 radical (unpaired) electrons. The monoisotopic (exact) mass is 234 g/mol. The Bertz CT molecular complexity index is 618. The maximum absolute atomic E-state index is 13.2. The molecule has 1 aliphatic rings. The first-order chi connectivity index (χ1) is 8.18. The zero-order valence-corrected chi connectivity index (χ0v) is 9.03. The molecule has 3 rings (SSSR count). The van der Waals surface area contributed by atoms with E-state index < -0.39 is 5.97 Å². The van der Waals surface area contributed by atoms with E-state index in [1.807, 2.05) is 4.57 Å². The van der Waals surface area contributed by atoms with Crippen LogP contribution in [0.5, 0.6) is 0 Å². The minimum atomic E-state index is -0.959. The van der Waals surface area contributed by atoms with Gasteiger partial charge in [-0.05, 0) is 18.2 Å². The van der Waals surface area contributed by atoms with Crippen LogP contribution in [0.25, 0.3) is 10.9 Å². The van der Waals surface area contributed by atoms with Crippen LogP contribution < -0.4 is 5.32 Å².